The zero-order valence-electron chi connectivity index (χ0n) is 16.0. The van der Waals surface area contributed by atoms with Gasteiger partial charge in [0, 0.05) is 31.3 Å². The fourth-order valence-electron chi connectivity index (χ4n) is 2.22. The maximum absolute atomic E-state index is 12.1. The highest BCUT2D eigenvalue weighted by atomic mass is 16.5. The monoisotopic (exact) mass is 377 g/mol. The Kier molecular flexibility index (Phi) is 9.57. The number of nitrogens with one attached hydrogen (secondary N) is 2. The molecule has 2 N–H and O–H groups in total. The zero-order valence-corrected chi connectivity index (χ0v) is 16.0. The Bertz CT molecular complexity index is 658. The molecule has 0 atom stereocenters. The predicted octanol–water partition coefficient (Wildman–Crippen LogP) is 2.17. The van der Waals surface area contributed by atoms with E-state index in [4.69, 9.17) is 4.74 Å². The van der Waals surface area contributed by atoms with E-state index in [9.17, 15) is 19.2 Å². The summed E-state index contributed by atoms with van der Waals surface area (Å²) in [5.74, 6) is -1.38. The third-order valence-corrected chi connectivity index (χ3v) is 3.65. The summed E-state index contributed by atoms with van der Waals surface area (Å²) in [4.78, 5) is 48.0. The van der Waals surface area contributed by atoms with Gasteiger partial charge in [0.05, 0.1) is 6.54 Å². The average Bonchev–Trinajstić information content (AvgIpc) is 2.63. The van der Waals surface area contributed by atoms with Gasteiger partial charge in [0.1, 0.15) is 0 Å². The lowest BCUT2D eigenvalue weighted by atomic mass is 10.2. The number of unbranched alkanes of at least 4 members (excludes halogenated alkanes) is 1. The Morgan fingerprint density at radius 1 is 1.00 bits per heavy atom. The molecular weight excluding hydrogens is 350 g/mol. The fraction of sp³-hybridized carbons (Fsp3) is 0.474. The molecule has 0 fully saturated rings. The summed E-state index contributed by atoms with van der Waals surface area (Å²) >= 11 is 0. The SMILES string of the molecule is CCCCC(=O)OCC(=O)N(CC)CC(=O)Nc1ccc(NC(C)=O)cc1. The normalized spacial score (nSPS) is 10.0. The van der Waals surface area contributed by atoms with Crippen LogP contribution in [0.25, 0.3) is 0 Å². The summed E-state index contributed by atoms with van der Waals surface area (Å²) < 4.78 is 4.94. The molecule has 0 saturated carbocycles. The molecule has 1 aromatic rings. The number of hydrogen-bond donors (Lipinski definition) is 2. The first-order chi connectivity index (χ1) is 12.8. The molecule has 148 valence electrons. The molecule has 8 heteroatoms. The summed E-state index contributed by atoms with van der Waals surface area (Å²) in [7, 11) is 0. The number of nitrogens with zero attached hydrogens (tertiary/aromatic N) is 1. The van der Waals surface area contributed by atoms with Gasteiger partial charge in [-0.3, -0.25) is 19.2 Å². The topological polar surface area (TPSA) is 105 Å². The van der Waals surface area contributed by atoms with E-state index in [1.165, 1.54) is 11.8 Å². The molecule has 1 aromatic carbocycles. The molecule has 0 heterocycles. The maximum atomic E-state index is 12.1. The number of esters is 1. The first kappa shape index (κ1) is 22.1. The smallest absolute Gasteiger partial charge is 0.306 e. The van der Waals surface area contributed by atoms with Crippen LogP contribution in [0.4, 0.5) is 11.4 Å². The molecule has 27 heavy (non-hydrogen) atoms. The molecular formula is C19H27N3O5. The lowest BCUT2D eigenvalue weighted by Gasteiger charge is -2.20. The van der Waals surface area contributed by atoms with Gasteiger partial charge in [-0.05, 0) is 37.6 Å². The largest absolute Gasteiger partial charge is 0.456 e. The van der Waals surface area contributed by atoms with E-state index in [2.05, 4.69) is 10.6 Å². The van der Waals surface area contributed by atoms with Crippen LogP contribution < -0.4 is 10.6 Å². The van der Waals surface area contributed by atoms with Crippen molar-refractivity contribution >= 4 is 35.1 Å². The van der Waals surface area contributed by atoms with Crippen LogP contribution in [0, 0.1) is 0 Å². The molecule has 1 rings (SSSR count). The van der Waals surface area contributed by atoms with Crippen LogP contribution in [-0.2, 0) is 23.9 Å². The van der Waals surface area contributed by atoms with Gasteiger partial charge >= 0.3 is 5.97 Å². The maximum Gasteiger partial charge on any atom is 0.306 e. The number of ether oxygens (including phenoxy) is 1. The van der Waals surface area contributed by atoms with Gasteiger partial charge in [-0.25, -0.2) is 0 Å². The van der Waals surface area contributed by atoms with E-state index in [1.54, 1.807) is 31.2 Å². The van der Waals surface area contributed by atoms with Crippen molar-refractivity contribution in [2.24, 2.45) is 0 Å². The van der Waals surface area contributed by atoms with Crippen LogP contribution in [0.1, 0.15) is 40.0 Å². The predicted molar refractivity (Wildman–Crippen MR) is 102 cm³/mol. The van der Waals surface area contributed by atoms with Crippen molar-refractivity contribution in [3.05, 3.63) is 24.3 Å². The van der Waals surface area contributed by atoms with Crippen molar-refractivity contribution in [1.29, 1.82) is 0 Å². The van der Waals surface area contributed by atoms with Gasteiger partial charge in [0.2, 0.25) is 11.8 Å². The van der Waals surface area contributed by atoms with Gasteiger partial charge in [-0.1, -0.05) is 13.3 Å². The van der Waals surface area contributed by atoms with Crippen LogP contribution >= 0.6 is 0 Å². The Hall–Kier alpha value is -2.90. The van der Waals surface area contributed by atoms with Crippen LogP contribution in [0.15, 0.2) is 24.3 Å². The average molecular weight is 377 g/mol. The van der Waals surface area contributed by atoms with Gasteiger partial charge in [-0.2, -0.15) is 0 Å². The molecule has 0 bridgehead atoms. The Balaban J connectivity index is 2.48. The first-order valence-electron chi connectivity index (χ1n) is 8.96. The minimum atomic E-state index is -0.418. The highest BCUT2D eigenvalue weighted by Crippen LogP contribution is 2.13. The second kappa shape index (κ2) is 11.7. The van der Waals surface area contributed by atoms with E-state index in [1.807, 2.05) is 6.92 Å². The molecule has 0 spiro atoms. The summed E-state index contributed by atoms with van der Waals surface area (Å²) in [5, 5.41) is 5.31. The van der Waals surface area contributed by atoms with Crippen LogP contribution in [0.2, 0.25) is 0 Å². The summed E-state index contributed by atoms with van der Waals surface area (Å²) in [6.07, 6.45) is 1.87. The van der Waals surface area contributed by atoms with Crippen LogP contribution in [0.3, 0.4) is 0 Å². The minimum absolute atomic E-state index is 0.144. The van der Waals surface area contributed by atoms with Gasteiger partial charge in [-0.15, -0.1) is 0 Å². The molecule has 8 nitrogen and oxygen atoms in total. The van der Waals surface area contributed by atoms with Crippen molar-refractivity contribution in [1.82, 2.24) is 4.90 Å². The molecule has 3 amide bonds. The molecule has 0 aliphatic heterocycles. The van der Waals surface area contributed by atoms with E-state index in [0.29, 0.717) is 24.3 Å². The number of carbonyl (C=O) groups is 4. The standard InChI is InChI=1S/C19H27N3O5/c1-4-6-7-19(26)27-13-18(25)22(5-2)12-17(24)21-16-10-8-15(9-11-16)20-14(3)23/h8-11H,4-7,12-13H2,1-3H3,(H,20,23)(H,21,24). The van der Waals surface area contributed by atoms with E-state index >= 15 is 0 Å². The minimum Gasteiger partial charge on any atom is -0.456 e. The number of amides is 3. The quantitative estimate of drug-likeness (QED) is 0.608. The molecule has 0 aliphatic carbocycles. The number of carbonyl (C=O) groups excluding carboxylic acids is 4. The van der Waals surface area contributed by atoms with Crippen molar-refractivity contribution in [3.63, 3.8) is 0 Å². The Morgan fingerprint density at radius 2 is 1.59 bits per heavy atom. The highest BCUT2D eigenvalue weighted by molar-refractivity contribution is 5.95. The third-order valence-electron chi connectivity index (χ3n) is 3.65. The summed E-state index contributed by atoms with van der Waals surface area (Å²) in [6.45, 7) is 4.92. The summed E-state index contributed by atoms with van der Waals surface area (Å²) in [6, 6.07) is 6.62. The lowest BCUT2D eigenvalue weighted by Crippen LogP contribution is -2.40. The van der Waals surface area contributed by atoms with Crippen LogP contribution in [0.5, 0.6) is 0 Å². The Labute approximate surface area is 159 Å². The highest BCUT2D eigenvalue weighted by Gasteiger charge is 2.17. The second-order valence-electron chi connectivity index (χ2n) is 5.98. The third kappa shape index (κ3) is 8.84. The molecule has 0 aliphatic rings. The number of hydrogen-bond acceptors (Lipinski definition) is 5. The number of benzene rings is 1. The lowest BCUT2D eigenvalue weighted by molar-refractivity contribution is -0.152. The van der Waals surface area contributed by atoms with Gasteiger partial charge in [0.15, 0.2) is 6.61 Å². The number of likely N-dealkylation sites (N-methyl/N-ethyl adjacent to an activating group) is 1. The molecule has 0 aromatic heterocycles. The summed E-state index contributed by atoms with van der Waals surface area (Å²) in [5.41, 5.74) is 1.17. The van der Waals surface area contributed by atoms with E-state index < -0.39 is 11.9 Å². The second-order valence-corrected chi connectivity index (χ2v) is 5.98. The van der Waals surface area contributed by atoms with Crippen molar-refractivity contribution in [2.45, 2.75) is 40.0 Å². The van der Waals surface area contributed by atoms with E-state index in [-0.39, 0.29) is 31.4 Å². The molecule has 0 saturated heterocycles. The molecule has 0 unspecified atom stereocenters. The van der Waals surface area contributed by atoms with Crippen LogP contribution in [-0.4, -0.2) is 48.3 Å². The number of anilines is 2. The Morgan fingerprint density at radius 3 is 2.11 bits per heavy atom. The first-order valence-corrected chi connectivity index (χ1v) is 8.96. The number of rotatable bonds is 10. The molecule has 0 radical (unpaired) electrons. The van der Waals surface area contributed by atoms with Gasteiger partial charge < -0.3 is 20.3 Å². The van der Waals surface area contributed by atoms with Gasteiger partial charge in [0.25, 0.3) is 5.91 Å². The van der Waals surface area contributed by atoms with Crippen molar-refractivity contribution in [2.75, 3.05) is 30.3 Å². The van der Waals surface area contributed by atoms with Crippen molar-refractivity contribution < 1.29 is 23.9 Å². The zero-order chi connectivity index (χ0) is 20.2. The van der Waals surface area contributed by atoms with E-state index in [0.717, 1.165) is 6.42 Å². The fourth-order valence-corrected chi connectivity index (χ4v) is 2.22. The van der Waals surface area contributed by atoms with Crippen molar-refractivity contribution in [3.8, 4) is 0 Å².